The smallest absolute Gasteiger partial charge is 0.226 e. The van der Waals surface area contributed by atoms with Gasteiger partial charge in [-0.1, -0.05) is 0 Å². The molecule has 0 aliphatic carbocycles. The maximum absolute atomic E-state index is 4.50. The number of rotatable bonds is 2. The molecule has 76 valence electrons. The average Bonchev–Trinajstić information content (AvgIpc) is 2.71. The first-order valence-electron chi connectivity index (χ1n) is 5.03. The van der Waals surface area contributed by atoms with Gasteiger partial charge in [-0.3, -0.25) is 0 Å². The molecule has 4 heteroatoms. The van der Waals surface area contributed by atoms with Crippen molar-refractivity contribution in [2.75, 3.05) is 37.0 Å². The molecule has 1 aliphatic heterocycles. The molecule has 0 saturated carbocycles. The lowest BCUT2D eigenvalue weighted by Crippen LogP contribution is -2.21. The molecule has 1 aromatic heterocycles. The lowest BCUT2D eigenvalue weighted by molar-refractivity contribution is 0.909. The number of aromatic nitrogens is 2. The molecule has 1 aliphatic rings. The summed E-state index contributed by atoms with van der Waals surface area (Å²) in [6.45, 7) is 2.26. The lowest BCUT2D eigenvalue weighted by atomic mass is 10.4. The summed E-state index contributed by atoms with van der Waals surface area (Å²) in [5.41, 5.74) is 0. The number of anilines is 2. The van der Waals surface area contributed by atoms with Crippen molar-refractivity contribution in [3.63, 3.8) is 0 Å². The first-order chi connectivity index (χ1) is 6.77. The molecule has 0 atom stereocenters. The fraction of sp³-hybridized carbons (Fsp3) is 0.600. The van der Waals surface area contributed by atoms with E-state index >= 15 is 0 Å². The monoisotopic (exact) mass is 192 g/mol. The molecular formula is C10H16N4. The van der Waals surface area contributed by atoms with Crippen molar-refractivity contribution in [1.82, 2.24) is 9.97 Å². The van der Waals surface area contributed by atoms with E-state index in [1.165, 1.54) is 12.8 Å². The second-order valence-electron chi connectivity index (χ2n) is 3.80. The van der Waals surface area contributed by atoms with Crippen molar-refractivity contribution >= 4 is 11.8 Å². The van der Waals surface area contributed by atoms with E-state index in [2.05, 4.69) is 14.9 Å². The van der Waals surface area contributed by atoms with Crippen LogP contribution < -0.4 is 9.80 Å². The van der Waals surface area contributed by atoms with Gasteiger partial charge in [-0.2, -0.15) is 4.98 Å². The highest BCUT2D eigenvalue weighted by atomic mass is 15.3. The third-order valence-corrected chi connectivity index (χ3v) is 2.46. The summed E-state index contributed by atoms with van der Waals surface area (Å²) < 4.78 is 0. The number of hydrogen-bond acceptors (Lipinski definition) is 4. The Morgan fingerprint density at radius 2 is 2.00 bits per heavy atom. The molecule has 1 saturated heterocycles. The van der Waals surface area contributed by atoms with E-state index in [1.54, 1.807) is 0 Å². The van der Waals surface area contributed by atoms with Gasteiger partial charge < -0.3 is 9.80 Å². The molecule has 0 N–H and O–H groups in total. The van der Waals surface area contributed by atoms with Crippen LogP contribution in [0.25, 0.3) is 0 Å². The van der Waals surface area contributed by atoms with Gasteiger partial charge in [0.1, 0.15) is 5.82 Å². The van der Waals surface area contributed by atoms with Crippen LogP contribution in [0.15, 0.2) is 12.3 Å². The molecule has 0 amide bonds. The predicted molar refractivity (Wildman–Crippen MR) is 57.8 cm³/mol. The minimum Gasteiger partial charge on any atom is -0.356 e. The molecule has 0 radical (unpaired) electrons. The van der Waals surface area contributed by atoms with Crippen LogP contribution in [-0.4, -0.2) is 37.2 Å². The zero-order valence-corrected chi connectivity index (χ0v) is 8.77. The Bertz CT molecular complexity index is 305. The number of nitrogens with zero attached hydrogens (tertiary/aromatic N) is 4. The van der Waals surface area contributed by atoms with E-state index < -0.39 is 0 Å². The maximum Gasteiger partial charge on any atom is 0.226 e. The van der Waals surface area contributed by atoms with Gasteiger partial charge in [0.2, 0.25) is 5.95 Å². The average molecular weight is 192 g/mol. The lowest BCUT2D eigenvalue weighted by Gasteiger charge is -2.18. The molecule has 14 heavy (non-hydrogen) atoms. The molecular weight excluding hydrogens is 176 g/mol. The summed E-state index contributed by atoms with van der Waals surface area (Å²) in [7, 11) is 3.92. The van der Waals surface area contributed by atoms with Gasteiger partial charge in [0.15, 0.2) is 0 Å². The quantitative estimate of drug-likeness (QED) is 0.703. The third kappa shape index (κ3) is 1.78. The van der Waals surface area contributed by atoms with Crippen LogP contribution in [0.3, 0.4) is 0 Å². The summed E-state index contributed by atoms with van der Waals surface area (Å²) in [5, 5.41) is 0. The Morgan fingerprint density at radius 3 is 2.64 bits per heavy atom. The predicted octanol–water partition coefficient (Wildman–Crippen LogP) is 1.14. The summed E-state index contributed by atoms with van der Waals surface area (Å²) >= 11 is 0. The summed E-state index contributed by atoms with van der Waals surface area (Å²) in [6.07, 6.45) is 4.39. The second kappa shape index (κ2) is 3.82. The molecule has 0 bridgehead atoms. The van der Waals surface area contributed by atoms with Gasteiger partial charge in [0, 0.05) is 33.4 Å². The Kier molecular flexibility index (Phi) is 2.52. The van der Waals surface area contributed by atoms with Crippen LogP contribution in [0, 0.1) is 0 Å². The van der Waals surface area contributed by atoms with Gasteiger partial charge in [-0.15, -0.1) is 0 Å². The standard InChI is InChI=1S/C10H16N4/c1-13(2)10-11-6-5-9(12-10)14-7-3-4-8-14/h5-6H,3-4,7-8H2,1-2H3. The SMILES string of the molecule is CN(C)c1nccc(N2CCCC2)n1. The molecule has 1 fully saturated rings. The van der Waals surface area contributed by atoms with Gasteiger partial charge in [-0.25, -0.2) is 4.98 Å². The van der Waals surface area contributed by atoms with Crippen LogP contribution in [0.5, 0.6) is 0 Å². The van der Waals surface area contributed by atoms with E-state index in [1.807, 2.05) is 31.3 Å². The van der Waals surface area contributed by atoms with Crippen LogP contribution in [-0.2, 0) is 0 Å². The molecule has 4 nitrogen and oxygen atoms in total. The van der Waals surface area contributed by atoms with E-state index in [0.29, 0.717) is 0 Å². The van der Waals surface area contributed by atoms with Crippen molar-refractivity contribution < 1.29 is 0 Å². The fourth-order valence-electron chi connectivity index (χ4n) is 1.68. The van der Waals surface area contributed by atoms with E-state index in [0.717, 1.165) is 24.9 Å². The molecule has 2 heterocycles. The number of hydrogen-bond donors (Lipinski definition) is 0. The van der Waals surface area contributed by atoms with Crippen molar-refractivity contribution in [2.24, 2.45) is 0 Å². The summed E-state index contributed by atoms with van der Waals surface area (Å²) in [4.78, 5) is 12.9. The van der Waals surface area contributed by atoms with Crippen LogP contribution >= 0.6 is 0 Å². The molecule has 2 rings (SSSR count). The van der Waals surface area contributed by atoms with Crippen molar-refractivity contribution in [3.05, 3.63) is 12.3 Å². The molecule has 0 unspecified atom stereocenters. The van der Waals surface area contributed by atoms with Crippen LogP contribution in [0.4, 0.5) is 11.8 Å². The van der Waals surface area contributed by atoms with Crippen molar-refractivity contribution in [3.8, 4) is 0 Å². The van der Waals surface area contributed by atoms with E-state index in [9.17, 15) is 0 Å². The van der Waals surface area contributed by atoms with Crippen LogP contribution in [0.1, 0.15) is 12.8 Å². The summed E-state index contributed by atoms with van der Waals surface area (Å²) in [5.74, 6) is 1.84. The Balaban J connectivity index is 2.21. The largest absolute Gasteiger partial charge is 0.356 e. The maximum atomic E-state index is 4.50. The van der Waals surface area contributed by atoms with Crippen molar-refractivity contribution in [2.45, 2.75) is 12.8 Å². The van der Waals surface area contributed by atoms with E-state index in [4.69, 9.17) is 0 Å². The van der Waals surface area contributed by atoms with Gasteiger partial charge in [0.25, 0.3) is 0 Å². The van der Waals surface area contributed by atoms with Gasteiger partial charge in [-0.05, 0) is 18.9 Å². The zero-order valence-electron chi connectivity index (χ0n) is 8.77. The Morgan fingerprint density at radius 1 is 1.29 bits per heavy atom. The highest BCUT2D eigenvalue weighted by molar-refractivity contribution is 5.43. The van der Waals surface area contributed by atoms with Crippen LogP contribution in [0.2, 0.25) is 0 Å². The Labute approximate surface area is 84.6 Å². The third-order valence-electron chi connectivity index (χ3n) is 2.46. The topological polar surface area (TPSA) is 32.3 Å². The minimum absolute atomic E-state index is 0.786. The molecule has 0 aromatic carbocycles. The highest BCUT2D eigenvalue weighted by Crippen LogP contribution is 2.18. The Hall–Kier alpha value is -1.32. The van der Waals surface area contributed by atoms with Gasteiger partial charge >= 0.3 is 0 Å². The molecule has 0 spiro atoms. The highest BCUT2D eigenvalue weighted by Gasteiger charge is 2.14. The van der Waals surface area contributed by atoms with Crippen molar-refractivity contribution in [1.29, 1.82) is 0 Å². The molecule has 1 aromatic rings. The normalized spacial score (nSPS) is 16.0. The second-order valence-corrected chi connectivity index (χ2v) is 3.80. The minimum atomic E-state index is 0.786. The van der Waals surface area contributed by atoms with E-state index in [-0.39, 0.29) is 0 Å². The van der Waals surface area contributed by atoms with Gasteiger partial charge in [0.05, 0.1) is 0 Å². The first-order valence-corrected chi connectivity index (χ1v) is 5.03. The first kappa shape index (κ1) is 9.24. The fourth-order valence-corrected chi connectivity index (χ4v) is 1.68. The summed E-state index contributed by atoms with van der Waals surface area (Å²) in [6, 6.07) is 1.98. The zero-order chi connectivity index (χ0) is 9.97.